The third-order valence-electron chi connectivity index (χ3n) is 3.09. The summed E-state index contributed by atoms with van der Waals surface area (Å²) < 4.78 is 2.06. The summed E-state index contributed by atoms with van der Waals surface area (Å²) in [5.74, 6) is 0.714. The van der Waals surface area contributed by atoms with E-state index in [0.717, 1.165) is 21.9 Å². The molecule has 0 saturated heterocycles. The minimum Gasteiger partial charge on any atom is -0.276 e. The molecule has 0 aliphatic carbocycles. The summed E-state index contributed by atoms with van der Waals surface area (Å²) in [6.07, 6.45) is 1.81. The summed E-state index contributed by atoms with van der Waals surface area (Å²) in [4.78, 5) is 8.89. The van der Waals surface area contributed by atoms with E-state index in [0.29, 0.717) is 10.8 Å². The second-order valence-electron chi connectivity index (χ2n) is 4.20. The van der Waals surface area contributed by atoms with Gasteiger partial charge in [0.1, 0.15) is 0 Å². The highest BCUT2D eigenvalue weighted by Gasteiger charge is 2.08. The first-order chi connectivity index (χ1) is 8.83. The highest BCUT2D eigenvalue weighted by Crippen LogP contribution is 2.23. The summed E-state index contributed by atoms with van der Waals surface area (Å²) in [6, 6.07) is 13.8. The smallest absolute Gasteiger partial charge is 0.235 e. The van der Waals surface area contributed by atoms with Crippen LogP contribution >= 0.6 is 11.6 Å². The fraction of sp³-hybridized carbons (Fsp3) is 0. The lowest BCUT2D eigenvalue weighted by Crippen LogP contribution is -1.90. The Morgan fingerprint density at radius 2 is 1.89 bits per heavy atom. The van der Waals surface area contributed by atoms with Crippen LogP contribution in [0.15, 0.2) is 48.7 Å². The van der Waals surface area contributed by atoms with Crippen molar-refractivity contribution in [1.29, 1.82) is 0 Å². The quantitative estimate of drug-likeness (QED) is 0.478. The standard InChI is InChI=1S/C14H8ClN3/c15-10-5-6-12-9(7-10)8-16-14-17-11-3-1-2-4-13(11)18(12)14/h1-8H. The number of hydrogen-bond acceptors (Lipinski definition) is 2. The molecule has 0 amide bonds. The monoisotopic (exact) mass is 253 g/mol. The number of hydrogen-bond donors (Lipinski definition) is 0. The van der Waals surface area contributed by atoms with Gasteiger partial charge in [-0.2, -0.15) is 0 Å². The Morgan fingerprint density at radius 1 is 1.00 bits per heavy atom. The van der Waals surface area contributed by atoms with Crippen molar-refractivity contribution in [3.63, 3.8) is 0 Å². The molecule has 0 fully saturated rings. The van der Waals surface area contributed by atoms with E-state index in [4.69, 9.17) is 11.6 Å². The van der Waals surface area contributed by atoms with Crippen LogP contribution < -0.4 is 0 Å². The number of nitrogens with zero attached hydrogens (tertiary/aromatic N) is 3. The van der Waals surface area contributed by atoms with Crippen molar-refractivity contribution in [3.05, 3.63) is 53.7 Å². The SMILES string of the molecule is Clc1ccc2c(cnc3nc4ccccc4n32)c1. The van der Waals surface area contributed by atoms with Crippen LogP contribution in [-0.2, 0) is 0 Å². The van der Waals surface area contributed by atoms with E-state index in [1.807, 2.05) is 48.7 Å². The lowest BCUT2D eigenvalue weighted by molar-refractivity contribution is 1.19. The zero-order valence-electron chi connectivity index (χ0n) is 9.34. The van der Waals surface area contributed by atoms with Gasteiger partial charge in [-0.05, 0) is 30.3 Å². The maximum atomic E-state index is 6.01. The lowest BCUT2D eigenvalue weighted by Gasteiger charge is -2.02. The average Bonchev–Trinajstić information content (AvgIpc) is 2.77. The topological polar surface area (TPSA) is 30.2 Å². The number of para-hydroxylation sites is 2. The van der Waals surface area contributed by atoms with Gasteiger partial charge >= 0.3 is 0 Å². The Hall–Kier alpha value is -2.13. The van der Waals surface area contributed by atoms with Crippen LogP contribution in [0.4, 0.5) is 0 Å². The highest BCUT2D eigenvalue weighted by molar-refractivity contribution is 6.31. The van der Waals surface area contributed by atoms with Crippen molar-refractivity contribution < 1.29 is 0 Å². The van der Waals surface area contributed by atoms with Gasteiger partial charge in [0.15, 0.2) is 0 Å². The minimum atomic E-state index is 0.714. The molecule has 2 aromatic heterocycles. The Balaban J connectivity index is 2.32. The van der Waals surface area contributed by atoms with E-state index < -0.39 is 0 Å². The van der Waals surface area contributed by atoms with Crippen LogP contribution in [0, 0.1) is 0 Å². The normalized spacial score (nSPS) is 11.6. The minimum absolute atomic E-state index is 0.714. The Bertz CT molecular complexity index is 895. The molecular formula is C14H8ClN3. The van der Waals surface area contributed by atoms with Crippen LogP contribution in [0.1, 0.15) is 0 Å². The molecule has 4 aromatic rings. The first-order valence-corrected chi connectivity index (χ1v) is 6.02. The highest BCUT2D eigenvalue weighted by atomic mass is 35.5. The van der Waals surface area contributed by atoms with E-state index in [1.165, 1.54) is 0 Å². The Morgan fingerprint density at radius 3 is 2.83 bits per heavy atom. The van der Waals surface area contributed by atoms with Crippen LogP contribution in [-0.4, -0.2) is 14.4 Å². The average molecular weight is 254 g/mol. The summed E-state index contributed by atoms with van der Waals surface area (Å²) >= 11 is 6.01. The molecule has 18 heavy (non-hydrogen) atoms. The number of fused-ring (bicyclic) bond motifs is 5. The van der Waals surface area contributed by atoms with Gasteiger partial charge < -0.3 is 0 Å². The lowest BCUT2D eigenvalue weighted by atomic mass is 10.2. The summed E-state index contributed by atoms with van der Waals surface area (Å²) in [7, 11) is 0. The third kappa shape index (κ3) is 1.25. The predicted octanol–water partition coefficient (Wildman–Crippen LogP) is 3.69. The molecule has 0 N–H and O–H groups in total. The van der Waals surface area contributed by atoms with Crippen molar-refractivity contribution in [2.24, 2.45) is 0 Å². The molecule has 4 heteroatoms. The first-order valence-electron chi connectivity index (χ1n) is 5.64. The Kier molecular flexibility index (Phi) is 1.88. The van der Waals surface area contributed by atoms with Gasteiger partial charge in [0.2, 0.25) is 5.78 Å². The van der Waals surface area contributed by atoms with Gasteiger partial charge in [0.05, 0.1) is 16.6 Å². The van der Waals surface area contributed by atoms with Crippen molar-refractivity contribution in [3.8, 4) is 0 Å². The number of imidazole rings is 1. The first kappa shape index (κ1) is 9.85. The molecule has 0 aliphatic heterocycles. The largest absolute Gasteiger partial charge is 0.276 e. The molecule has 0 bridgehead atoms. The third-order valence-corrected chi connectivity index (χ3v) is 3.33. The van der Waals surface area contributed by atoms with Gasteiger partial charge in [0, 0.05) is 16.6 Å². The van der Waals surface area contributed by atoms with Crippen molar-refractivity contribution in [1.82, 2.24) is 14.4 Å². The molecule has 0 aliphatic rings. The summed E-state index contributed by atoms with van der Waals surface area (Å²) in [5, 5.41) is 1.73. The van der Waals surface area contributed by atoms with Crippen LogP contribution in [0.5, 0.6) is 0 Å². The fourth-order valence-electron chi connectivity index (χ4n) is 2.30. The number of halogens is 1. The van der Waals surface area contributed by atoms with Gasteiger partial charge in [-0.1, -0.05) is 23.7 Å². The van der Waals surface area contributed by atoms with E-state index in [-0.39, 0.29) is 0 Å². The maximum Gasteiger partial charge on any atom is 0.235 e. The molecule has 0 unspecified atom stereocenters. The van der Waals surface area contributed by atoms with E-state index in [1.54, 1.807) is 0 Å². The van der Waals surface area contributed by atoms with Crippen LogP contribution in [0.2, 0.25) is 5.02 Å². The number of rotatable bonds is 0. The zero-order chi connectivity index (χ0) is 12.1. The molecule has 0 saturated carbocycles. The van der Waals surface area contributed by atoms with Gasteiger partial charge in [-0.15, -0.1) is 0 Å². The summed E-state index contributed by atoms with van der Waals surface area (Å²) in [6.45, 7) is 0. The van der Waals surface area contributed by atoms with Crippen molar-refractivity contribution in [2.45, 2.75) is 0 Å². The van der Waals surface area contributed by atoms with Crippen molar-refractivity contribution >= 4 is 39.3 Å². The van der Waals surface area contributed by atoms with Crippen LogP contribution in [0.3, 0.4) is 0 Å². The second kappa shape index (κ2) is 3.43. The van der Waals surface area contributed by atoms with Gasteiger partial charge in [0.25, 0.3) is 0 Å². The van der Waals surface area contributed by atoms with Crippen LogP contribution in [0.25, 0.3) is 27.7 Å². The molecule has 3 nitrogen and oxygen atoms in total. The zero-order valence-corrected chi connectivity index (χ0v) is 10.1. The second-order valence-corrected chi connectivity index (χ2v) is 4.63. The fourth-order valence-corrected chi connectivity index (χ4v) is 2.48. The van der Waals surface area contributed by atoms with E-state index >= 15 is 0 Å². The molecule has 86 valence electrons. The number of benzene rings is 2. The molecule has 0 spiro atoms. The molecule has 2 aromatic carbocycles. The maximum absolute atomic E-state index is 6.01. The van der Waals surface area contributed by atoms with Crippen molar-refractivity contribution in [2.75, 3.05) is 0 Å². The summed E-state index contributed by atoms with van der Waals surface area (Å²) in [5.41, 5.74) is 3.08. The molecule has 0 radical (unpaired) electrons. The van der Waals surface area contributed by atoms with E-state index in [2.05, 4.69) is 14.4 Å². The van der Waals surface area contributed by atoms with Gasteiger partial charge in [-0.25, -0.2) is 9.97 Å². The molecule has 0 atom stereocenters. The predicted molar refractivity (Wildman–Crippen MR) is 73.0 cm³/mol. The molecule has 2 heterocycles. The molecule has 4 rings (SSSR count). The number of aromatic nitrogens is 3. The Labute approximate surface area is 108 Å². The molecular weight excluding hydrogens is 246 g/mol. The van der Waals surface area contributed by atoms with E-state index in [9.17, 15) is 0 Å². The van der Waals surface area contributed by atoms with Gasteiger partial charge in [-0.3, -0.25) is 4.40 Å².